The first-order chi connectivity index (χ1) is 8.91. The van der Waals surface area contributed by atoms with Gasteiger partial charge < -0.3 is 4.74 Å². The molecule has 0 aliphatic carbocycles. The molecule has 3 heteroatoms. The summed E-state index contributed by atoms with van der Waals surface area (Å²) in [6, 6.07) is 0. The van der Waals surface area contributed by atoms with E-state index < -0.39 is 0 Å². The molecule has 0 aliphatic rings. The lowest BCUT2D eigenvalue weighted by Crippen LogP contribution is -1.97. The third kappa shape index (κ3) is 15.3. The van der Waals surface area contributed by atoms with Crippen LogP contribution in [-0.2, 0) is 9.53 Å². The minimum Gasteiger partial charge on any atom is -0.381 e. The topological polar surface area (TPSA) is 38.7 Å². The number of hydrogen-bond acceptors (Lipinski definition) is 3. The van der Waals surface area contributed by atoms with Gasteiger partial charge in [-0.2, -0.15) is 0 Å². The second-order valence-corrected chi connectivity index (χ2v) is 4.77. The summed E-state index contributed by atoms with van der Waals surface area (Å²) in [5, 5.41) is 0. The van der Waals surface area contributed by atoms with Crippen molar-refractivity contribution in [3.05, 3.63) is 0 Å². The molecule has 0 N–H and O–H groups in total. The fourth-order valence-electron chi connectivity index (χ4n) is 1.88. The molecule has 0 fully saturated rings. The number of hydrogen-bond donors (Lipinski definition) is 0. The monoisotopic (exact) mass is 255 g/mol. The summed E-state index contributed by atoms with van der Waals surface area (Å²) < 4.78 is 5.58. The number of rotatable bonds is 14. The lowest BCUT2D eigenvalue weighted by atomic mass is 10.1. The highest BCUT2D eigenvalue weighted by atomic mass is 16.5. The Hall–Kier alpha value is -0.660. The van der Waals surface area contributed by atoms with E-state index >= 15 is 0 Å². The molecule has 0 rings (SSSR count). The van der Waals surface area contributed by atoms with E-state index in [0.717, 1.165) is 19.6 Å². The summed E-state index contributed by atoms with van der Waals surface area (Å²) in [4.78, 5) is 13.4. The lowest BCUT2D eigenvalue weighted by molar-refractivity contribution is 0.125. The lowest BCUT2D eigenvalue weighted by Gasteiger charge is -2.04. The number of unbranched alkanes of at least 4 members (excludes halogenated alkanes) is 8. The Labute approximate surface area is 112 Å². The second-order valence-electron chi connectivity index (χ2n) is 4.77. The van der Waals surface area contributed by atoms with Gasteiger partial charge in [-0.3, -0.25) is 0 Å². The Bertz CT molecular complexity index is 201. The zero-order valence-corrected chi connectivity index (χ0v) is 12.0. The molecule has 0 aromatic heterocycles. The van der Waals surface area contributed by atoms with Gasteiger partial charge in [-0.05, 0) is 19.3 Å². The van der Waals surface area contributed by atoms with E-state index in [-0.39, 0.29) is 0 Å². The number of aliphatic imine (C=N–C) groups is 1. The standard InChI is InChI=1S/C15H29NO2/c1-2-3-4-10-13-18-14-11-8-6-5-7-9-12-16-15-17/h2-14H2,1H3. The smallest absolute Gasteiger partial charge is 0.234 e. The largest absolute Gasteiger partial charge is 0.381 e. The normalized spacial score (nSPS) is 10.3. The summed E-state index contributed by atoms with van der Waals surface area (Å²) in [5.74, 6) is 0. The van der Waals surface area contributed by atoms with Crippen LogP contribution in [0, 0.1) is 0 Å². The zero-order valence-electron chi connectivity index (χ0n) is 12.0. The van der Waals surface area contributed by atoms with Crippen LogP contribution in [0.3, 0.4) is 0 Å². The zero-order chi connectivity index (χ0) is 13.3. The molecule has 0 radical (unpaired) electrons. The Morgan fingerprint density at radius 3 is 2.00 bits per heavy atom. The molecule has 18 heavy (non-hydrogen) atoms. The summed E-state index contributed by atoms with van der Waals surface area (Å²) in [7, 11) is 0. The van der Waals surface area contributed by atoms with Crippen LogP contribution < -0.4 is 0 Å². The van der Waals surface area contributed by atoms with Crippen molar-refractivity contribution in [1.29, 1.82) is 0 Å². The molecule has 0 amide bonds. The third-order valence-electron chi connectivity index (χ3n) is 3.02. The van der Waals surface area contributed by atoms with Crippen LogP contribution in [0.15, 0.2) is 4.99 Å². The fraction of sp³-hybridized carbons (Fsp3) is 0.933. The molecule has 0 aromatic rings. The van der Waals surface area contributed by atoms with Gasteiger partial charge in [-0.25, -0.2) is 9.79 Å². The number of ether oxygens (including phenoxy) is 1. The molecule has 0 bridgehead atoms. The summed E-state index contributed by atoms with van der Waals surface area (Å²) in [6.07, 6.45) is 13.8. The first kappa shape index (κ1) is 17.3. The average molecular weight is 255 g/mol. The van der Waals surface area contributed by atoms with Crippen molar-refractivity contribution in [3.8, 4) is 0 Å². The van der Waals surface area contributed by atoms with Crippen molar-refractivity contribution in [2.75, 3.05) is 19.8 Å². The van der Waals surface area contributed by atoms with Crippen molar-refractivity contribution in [1.82, 2.24) is 0 Å². The molecular formula is C15H29NO2. The molecule has 0 atom stereocenters. The van der Waals surface area contributed by atoms with E-state index in [9.17, 15) is 4.79 Å². The van der Waals surface area contributed by atoms with Gasteiger partial charge in [0.1, 0.15) is 0 Å². The molecular weight excluding hydrogens is 226 g/mol. The van der Waals surface area contributed by atoms with Gasteiger partial charge in [0.2, 0.25) is 6.08 Å². The maximum atomic E-state index is 9.82. The molecule has 0 heterocycles. The quantitative estimate of drug-likeness (QED) is 0.264. The predicted molar refractivity (Wildman–Crippen MR) is 75.7 cm³/mol. The second kappa shape index (κ2) is 16.3. The van der Waals surface area contributed by atoms with Gasteiger partial charge >= 0.3 is 0 Å². The van der Waals surface area contributed by atoms with Crippen molar-refractivity contribution in [3.63, 3.8) is 0 Å². The van der Waals surface area contributed by atoms with E-state index in [1.807, 2.05) is 0 Å². The van der Waals surface area contributed by atoms with Gasteiger partial charge in [0, 0.05) is 13.2 Å². The molecule has 0 spiro atoms. The van der Waals surface area contributed by atoms with Crippen LogP contribution in [-0.4, -0.2) is 25.8 Å². The highest BCUT2D eigenvalue weighted by molar-refractivity contribution is 5.32. The van der Waals surface area contributed by atoms with Crippen molar-refractivity contribution < 1.29 is 9.53 Å². The van der Waals surface area contributed by atoms with Crippen LogP contribution in [0.1, 0.15) is 71.1 Å². The highest BCUT2D eigenvalue weighted by Crippen LogP contribution is 2.06. The Morgan fingerprint density at radius 2 is 1.39 bits per heavy atom. The van der Waals surface area contributed by atoms with Gasteiger partial charge in [0.25, 0.3) is 0 Å². The highest BCUT2D eigenvalue weighted by Gasteiger charge is 1.92. The minimum atomic E-state index is 0.643. The van der Waals surface area contributed by atoms with E-state index in [1.165, 1.54) is 57.8 Å². The molecule has 0 saturated heterocycles. The van der Waals surface area contributed by atoms with Crippen LogP contribution in [0.4, 0.5) is 0 Å². The third-order valence-corrected chi connectivity index (χ3v) is 3.02. The first-order valence-electron chi connectivity index (χ1n) is 7.53. The summed E-state index contributed by atoms with van der Waals surface area (Å²) in [5.41, 5.74) is 0. The van der Waals surface area contributed by atoms with Gasteiger partial charge in [-0.1, -0.05) is 51.9 Å². The average Bonchev–Trinajstić information content (AvgIpc) is 2.39. The Morgan fingerprint density at radius 1 is 0.833 bits per heavy atom. The SMILES string of the molecule is CCCCCCOCCCCCCCCN=C=O. The van der Waals surface area contributed by atoms with E-state index in [4.69, 9.17) is 4.74 Å². The summed E-state index contributed by atoms with van der Waals surface area (Å²) >= 11 is 0. The number of isocyanates is 1. The van der Waals surface area contributed by atoms with Crippen molar-refractivity contribution >= 4 is 6.08 Å². The maximum absolute atomic E-state index is 9.82. The van der Waals surface area contributed by atoms with Crippen molar-refractivity contribution in [2.45, 2.75) is 71.1 Å². The van der Waals surface area contributed by atoms with E-state index in [0.29, 0.717) is 6.54 Å². The van der Waals surface area contributed by atoms with Gasteiger partial charge in [0.05, 0.1) is 6.54 Å². The first-order valence-corrected chi connectivity index (χ1v) is 7.53. The number of nitrogens with zero attached hydrogens (tertiary/aromatic N) is 1. The molecule has 106 valence electrons. The fourth-order valence-corrected chi connectivity index (χ4v) is 1.88. The summed E-state index contributed by atoms with van der Waals surface area (Å²) in [6.45, 7) is 4.72. The molecule has 0 aromatic carbocycles. The van der Waals surface area contributed by atoms with E-state index in [1.54, 1.807) is 6.08 Å². The Kier molecular flexibility index (Phi) is 15.7. The van der Waals surface area contributed by atoms with Crippen LogP contribution in [0.2, 0.25) is 0 Å². The molecule has 0 aliphatic heterocycles. The van der Waals surface area contributed by atoms with Crippen LogP contribution in [0.5, 0.6) is 0 Å². The van der Waals surface area contributed by atoms with Crippen LogP contribution >= 0.6 is 0 Å². The molecule has 0 saturated carbocycles. The predicted octanol–water partition coefficient (Wildman–Crippen LogP) is 4.26. The van der Waals surface area contributed by atoms with Crippen LogP contribution in [0.25, 0.3) is 0 Å². The van der Waals surface area contributed by atoms with Gasteiger partial charge in [-0.15, -0.1) is 0 Å². The maximum Gasteiger partial charge on any atom is 0.234 e. The Balaban J connectivity index is 2.92. The van der Waals surface area contributed by atoms with Crippen molar-refractivity contribution in [2.24, 2.45) is 4.99 Å². The molecule has 3 nitrogen and oxygen atoms in total. The van der Waals surface area contributed by atoms with Gasteiger partial charge in [0.15, 0.2) is 0 Å². The molecule has 0 unspecified atom stereocenters. The van der Waals surface area contributed by atoms with E-state index in [2.05, 4.69) is 11.9 Å². The minimum absolute atomic E-state index is 0.643. The number of carbonyl (C=O) groups excluding carboxylic acids is 1.